The molecule has 1 aliphatic rings. The van der Waals surface area contributed by atoms with Gasteiger partial charge in [0.2, 0.25) is 5.91 Å². The van der Waals surface area contributed by atoms with Crippen LogP contribution in [0.2, 0.25) is 0 Å². The maximum atomic E-state index is 12.0. The first kappa shape index (κ1) is 15.7. The Morgan fingerprint density at radius 3 is 2.90 bits per heavy atom. The van der Waals surface area contributed by atoms with Crippen molar-refractivity contribution >= 4 is 5.91 Å². The van der Waals surface area contributed by atoms with Gasteiger partial charge in [0.05, 0.1) is 19.1 Å². The molecule has 2 rings (SSSR count). The van der Waals surface area contributed by atoms with E-state index in [9.17, 15) is 18.0 Å². The second-order valence-electron chi connectivity index (χ2n) is 4.93. The van der Waals surface area contributed by atoms with Gasteiger partial charge in [-0.3, -0.25) is 4.79 Å². The molecule has 0 aliphatic carbocycles. The number of aromatic nitrogens is 3. The lowest BCUT2D eigenvalue weighted by atomic mass is 10.1. The van der Waals surface area contributed by atoms with Crippen LogP contribution in [0.3, 0.4) is 0 Å². The molecule has 2 heterocycles. The summed E-state index contributed by atoms with van der Waals surface area (Å²) in [6.07, 6.45) is 0.376. The number of piperidine rings is 1. The average Bonchev–Trinajstić information content (AvgIpc) is 2.96. The summed E-state index contributed by atoms with van der Waals surface area (Å²) >= 11 is 0. The van der Waals surface area contributed by atoms with Gasteiger partial charge in [0, 0.05) is 13.1 Å². The van der Waals surface area contributed by atoms with Crippen molar-refractivity contribution in [2.75, 3.05) is 26.3 Å². The molecule has 9 heteroatoms. The Morgan fingerprint density at radius 1 is 1.43 bits per heavy atom. The number of amides is 1. The van der Waals surface area contributed by atoms with Crippen LogP contribution in [-0.4, -0.2) is 58.1 Å². The summed E-state index contributed by atoms with van der Waals surface area (Å²) in [5, 5.41) is 4.05. The number of carbonyl (C=O) groups is 1. The first-order valence-corrected chi connectivity index (χ1v) is 6.72. The zero-order chi connectivity index (χ0) is 15.3. The number of nitrogens with zero attached hydrogens (tertiary/aromatic N) is 4. The van der Waals surface area contributed by atoms with Crippen LogP contribution >= 0.6 is 0 Å². The van der Waals surface area contributed by atoms with E-state index < -0.39 is 12.8 Å². The van der Waals surface area contributed by atoms with Crippen LogP contribution in [0.5, 0.6) is 0 Å². The number of likely N-dealkylation sites (tertiary alicyclic amines) is 1. The van der Waals surface area contributed by atoms with Gasteiger partial charge in [-0.05, 0) is 12.8 Å². The van der Waals surface area contributed by atoms with E-state index in [1.165, 1.54) is 6.33 Å². The smallest absolute Gasteiger partial charge is 0.372 e. The van der Waals surface area contributed by atoms with E-state index in [-0.39, 0.29) is 25.0 Å². The summed E-state index contributed by atoms with van der Waals surface area (Å²) in [4.78, 5) is 17.5. The largest absolute Gasteiger partial charge is 0.411 e. The van der Waals surface area contributed by atoms with Crippen LogP contribution in [-0.2, 0) is 9.53 Å². The fraction of sp³-hybridized carbons (Fsp3) is 0.750. The van der Waals surface area contributed by atoms with E-state index in [1.807, 2.05) is 0 Å². The van der Waals surface area contributed by atoms with Crippen molar-refractivity contribution < 1.29 is 22.7 Å². The highest BCUT2D eigenvalue weighted by molar-refractivity contribution is 5.76. The fourth-order valence-corrected chi connectivity index (χ4v) is 2.31. The van der Waals surface area contributed by atoms with Gasteiger partial charge in [-0.2, -0.15) is 18.3 Å². The lowest BCUT2D eigenvalue weighted by molar-refractivity contribution is -0.175. The number of rotatable bonds is 5. The van der Waals surface area contributed by atoms with E-state index >= 15 is 0 Å². The van der Waals surface area contributed by atoms with Crippen molar-refractivity contribution in [1.82, 2.24) is 19.7 Å². The molecule has 0 bridgehead atoms. The van der Waals surface area contributed by atoms with Gasteiger partial charge in [-0.25, -0.2) is 9.67 Å². The standard InChI is InChI=1S/C12H17F3N4O2/c13-12(14,15)7-21-5-3-11(20)18-4-1-2-10(6-18)19-9-16-8-17-19/h8-10H,1-7H2. The van der Waals surface area contributed by atoms with E-state index in [4.69, 9.17) is 0 Å². The van der Waals surface area contributed by atoms with Gasteiger partial charge in [0.25, 0.3) is 0 Å². The summed E-state index contributed by atoms with van der Waals surface area (Å²) < 4.78 is 41.9. The maximum absolute atomic E-state index is 12.0. The normalized spacial score (nSPS) is 19.8. The van der Waals surface area contributed by atoms with Crippen molar-refractivity contribution in [2.24, 2.45) is 0 Å². The van der Waals surface area contributed by atoms with E-state index in [0.717, 1.165) is 12.8 Å². The second kappa shape index (κ2) is 6.88. The van der Waals surface area contributed by atoms with Crippen molar-refractivity contribution in [3.05, 3.63) is 12.7 Å². The molecule has 1 atom stereocenters. The first-order valence-electron chi connectivity index (χ1n) is 6.72. The van der Waals surface area contributed by atoms with Gasteiger partial charge in [0.1, 0.15) is 19.3 Å². The Labute approximate surface area is 119 Å². The van der Waals surface area contributed by atoms with E-state index in [0.29, 0.717) is 13.1 Å². The third-order valence-electron chi connectivity index (χ3n) is 3.29. The Kier molecular flexibility index (Phi) is 5.16. The van der Waals surface area contributed by atoms with Crippen LogP contribution in [0.4, 0.5) is 13.2 Å². The molecule has 0 saturated carbocycles. The number of hydrogen-bond donors (Lipinski definition) is 0. The minimum atomic E-state index is -4.35. The predicted molar refractivity (Wildman–Crippen MR) is 66.4 cm³/mol. The molecule has 0 N–H and O–H groups in total. The number of carbonyl (C=O) groups excluding carboxylic acids is 1. The van der Waals surface area contributed by atoms with Gasteiger partial charge in [0.15, 0.2) is 0 Å². The zero-order valence-electron chi connectivity index (χ0n) is 11.4. The molecular weight excluding hydrogens is 289 g/mol. The Balaban J connectivity index is 1.74. The number of hydrogen-bond acceptors (Lipinski definition) is 4. The molecule has 0 spiro atoms. The van der Waals surface area contributed by atoms with Gasteiger partial charge in [-0.1, -0.05) is 0 Å². The minimum Gasteiger partial charge on any atom is -0.372 e. The molecule has 1 amide bonds. The number of ether oxygens (including phenoxy) is 1. The second-order valence-corrected chi connectivity index (χ2v) is 4.93. The molecule has 118 valence electrons. The molecule has 21 heavy (non-hydrogen) atoms. The summed E-state index contributed by atoms with van der Waals surface area (Å²) in [5.41, 5.74) is 0. The number of halogens is 3. The molecule has 1 fully saturated rings. The molecular formula is C12H17F3N4O2. The Morgan fingerprint density at radius 2 is 2.24 bits per heavy atom. The van der Waals surface area contributed by atoms with Crippen LogP contribution in [0.15, 0.2) is 12.7 Å². The lowest BCUT2D eigenvalue weighted by Gasteiger charge is -2.32. The quantitative estimate of drug-likeness (QED) is 0.772. The van der Waals surface area contributed by atoms with E-state index in [1.54, 1.807) is 15.9 Å². The third kappa shape index (κ3) is 5.00. The third-order valence-corrected chi connectivity index (χ3v) is 3.29. The highest BCUT2D eigenvalue weighted by Crippen LogP contribution is 2.21. The topological polar surface area (TPSA) is 60.2 Å². The summed E-state index contributed by atoms with van der Waals surface area (Å²) in [6.45, 7) is -0.421. The number of alkyl halides is 3. The van der Waals surface area contributed by atoms with Crippen LogP contribution < -0.4 is 0 Å². The zero-order valence-corrected chi connectivity index (χ0v) is 11.4. The minimum absolute atomic E-state index is 0.0415. The molecule has 1 unspecified atom stereocenters. The fourth-order valence-electron chi connectivity index (χ4n) is 2.31. The summed E-state index contributed by atoms with van der Waals surface area (Å²) in [6, 6.07) is 0.0706. The van der Waals surface area contributed by atoms with Crippen LogP contribution in [0.1, 0.15) is 25.3 Å². The summed E-state index contributed by atoms with van der Waals surface area (Å²) in [5.74, 6) is -0.193. The van der Waals surface area contributed by atoms with Crippen molar-refractivity contribution in [3.8, 4) is 0 Å². The van der Waals surface area contributed by atoms with Gasteiger partial charge >= 0.3 is 6.18 Å². The van der Waals surface area contributed by atoms with Crippen molar-refractivity contribution in [3.63, 3.8) is 0 Å². The van der Waals surface area contributed by atoms with Crippen LogP contribution in [0, 0.1) is 0 Å². The molecule has 1 aromatic rings. The maximum Gasteiger partial charge on any atom is 0.411 e. The van der Waals surface area contributed by atoms with Crippen LogP contribution in [0.25, 0.3) is 0 Å². The molecule has 1 aliphatic heterocycles. The molecule has 0 radical (unpaired) electrons. The average molecular weight is 306 g/mol. The monoisotopic (exact) mass is 306 g/mol. The van der Waals surface area contributed by atoms with Crippen molar-refractivity contribution in [2.45, 2.75) is 31.5 Å². The molecule has 1 aromatic heterocycles. The lowest BCUT2D eigenvalue weighted by Crippen LogP contribution is -2.41. The highest BCUT2D eigenvalue weighted by Gasteiger charge is 2.28. The van der Waals surface area contributed by atoms with E-state index in [2.05, 4.69) is 14.8 Å². The molecule has 0 aromatic carbocycles. The predicted octanol–water partition coefficient (Wildman–Crippen LogP) is 1.41. The SMILES string of the molecule is O=C(CCOCC(F)(F)F)N1CCCC(n2cncn2)C1. The first-order chi connectivity index (χ1) is 9.96. The Hall–Kier alpha value is -1.64. The highest BCUT2D eigenvalue weighted by atomic mass is 19.4. The van der Waals surface area contributed by atoms with Crippen molar-refractivity contribution in [1.29, 1.82) is 0 Å². The molecule has 1 saturated heterocycles. The van der Waals surface area contributed by atoms with Gasteiger partial charge in [-0.15, -0.1) is 0 Å². The molecule has 6 nitrogen and oxygen atoms in total. The van der Waals surface area contributed by atoms with Gasteiger partial charge < -0.3 is 9.64 Å². The Bertz CT molecular complexity index is 450. The summed E-state index contributed by atoms with van der Waals surface area (Å²) in [7, 11) is 0.